The van der Waals surface area contributed by atoms with Crippen molar-refractivity contribution in [3.63, 3.8) is 0 Å². The van der Waals surface area contributed by atoms with Crippen molar-refractivity contribution in [1.29, 1.82) is 0 Å². The van der Waals surface area contributed by atoms with Gasteiger partial charge in [0.05, 0.1) is 0 Å². The maximum absolute atomic E-state index is 13.2. The standard InChI is InChI=1S/C29H20O4/c30-26(31)28(22-13-5-1-9-18(22)19-10-2-6-14-23(19)28)17-29(27(32)33)24-15-7-3-11-20(24)21-12-4-8-16-25(21)29/h1-16H,17H2,(H,30,31)(H,32,33). The third-order valence-electron chi connectivity index (χ3n) is 7.39. The fourth-order valence-corrected chi connectivity index (χ4v) is 6.04. The first kappa shape index (κ1) is 19.5. The molecular formula is C29H20O4. The van der Waals surface area contributed by atoms with E-state index in [1.54, 1.807) is 0 Å². The average molecular weight is 432 g/mol. The Morgan fingerprint density at radius 3 is 0.970 bits per heavy atom. The normalized spacial score (nSPS) is 15.8. The summed E-state index contributed by atoms with van der Waals surface area (Å²) in [4.78, 5) is 26.5. The molecular weight excluding hydrogens is 412 g/mol. The molecule has 0 heterocycles. The summed E-state index contributed by atoms with van der Waals surface area (Å²) in [5.41, 5.74) is 2.92. The summed E-state index contributed by atoms with van der Waals surface area (Å²) in [5.74, 6) is -2.08. The van der Waals surface area contributed by atoms with Gasteiger partial charge in [0.25, 0.3) is 0 Å². The monoisotopic (exact) mass is 432 g/mol. The predicted molar refractivity (Wildman–Crippen MR) is 125 cm³/mol. The van der Waals surface area contributed by atoms with E-state index in [2.05, 4.69) is 0 Å². The van der Waals surface area contributed by atoms with Crippen LogP contribution < -0.4 is 0 Å². The fourth-order valence-electron chi connectivity index (χ4n) is 6.04. The molecule has 2 aliphatic carbocycles. The predicted octanol–water partition coefficient (Wildman–Crippen LogP) is 5.48. The van der Waals surface area contributed by atoms with Crippen LogP contribution in [0.3, 0.4) is 0 Å². The largest absolute Gasteiger partial charge is 0.480 e. The van der Waals surface area contributed by atoms with Gasteiger partial charge in [0, 0.05) is 0 Å². The molecule has 0 amide bonds. The number of hydrogen-bond acceptors (Lipinski definition) is 2. The first-order valence-corrected chi connectivity index (χ1v) is 10.9. The van der Waals surface area contributed by atoms with E-state index in [1.807, 2.05) is 97.1 Å². The van der Waals surface area contributed by atoms with Crippen molar-refractivity contribution in [2.24, 2.45) is 0 Å². The molecule has 4 aromatic rings. The van der Waals surface area contributed by atoms with Gasteiger partial charge < -0.3 is 10.2 Å². The van der Waals surface area contributed by atoms with Crippen LogP contribution in [0.2, 0.25) is 0 Å². The molecule has 0 spiro atoms. The molecule has 160 valence electrons. The number of carboxylic acids is 2. The van der Waals surface area contributed by atoms with Crippen LogP contribution in [0.5, 0.6) is 0 Å². The lowest BCUT2D eigenvalue weighted by molar-refractivity contribution is -0.146. The Bertz CT molecular complexity index is 1260. The molecule has 2 aliphatic rings. The summed E-state index contributed by atoms with van der Waals surface area (Å²) >= 11 is 0. The van der Waals surface area contributed by atoms with Gasteiger partial charge in [0.2, 0.25) is 0 Å². The number of benzene rings is 4. The molecule has 0 atom stereocenters. The average Bonchev–Trinajstić information content (AvgIpc) is 3.29. The van der Waals surface area contributed by atoms with Crippen LogP contribution in [0, 0.1) is 0 Å². The Morgan fingerprint density at radius 1 is 0.485 bits per heavy atom. The van der Waals surface area contributed by atoms with Gasteiger partial charge in [-0.3, -0.25) is 9.59 Å². The third kappa shape index (κ3) is 2.30. The first-order valence-electron chi connectivity index (χ1n) is 10.9. The minimum Gasteiger partial charge on any atom is -0.480 e. The van der Waals surface area contributed by atoms with E-state index in [0.29, 0.717) is 22.3 Å². The second kappa shape index (κ2) is 6.66. The Morgan fingerprint density at radius 2 is 0.727 bits per heavy atom. The zero-order valence-electron chi connectivity index (χ0n) is 17.7. The Balaban J connectivity index is 1.71. The van der Waals surface area contributed by atoms with Crippen molar-refractivity contribution >= 4 is 11.9 Å². The third-order valence-corrected chi connectivity index (χ3v) is 7.39. The van der Waals surface area contributed by atoms with Gasteiger partial charge in [-0.2, -0.15) is 0 Å². The number of carboxylic acid groups (broad SMARTS) is 2. The molecule has 0 saturated heterocycles. The zero-order chi connectivity index (χ0) is 22.8. The van der Waals surface area contributed by atoms with Crippen LogP contribution in [0.4, 0.5) is 0 Å². The molecule has 4 aromatic carbocycles. The molecule has 33 heavy (non-hydrogen) atoms. The number of carbonyl (C=O) groups is 2. The Hall–Kier alpha value is -4.18. The van der Waals surface area contributed by atoms with Gasteiger partial charge in [0.15, 0.2) is 0 Å². The molecule has 6 rings (SSSR count). The van der Waals surface area contributed by atoms with Crippen molar-refractivity contribution in [2.75, 3.05) is 0 Å². The second-order valence-corrected chi connectivity index (χ2v) is 8.78. The molecule has 4 nitrogen and oxygen atoms in total. The fraction of sp³-hybridized carbons (Fsp3) is 0.103. The van der Waals surface area contributed by atoms with E-state index >= 15 is 0 Å². The Kier molecular flexibility index (Phi) is 3.93. The highest BCUT2D eigenvalue weighted by Crippen LogP contribution is 2.59. The summed E-state index contributed by atoms with van der Waals surface area (Å²) in [7, 11) is 0. The Labute approximate surface area is 190 Å². The smallest absolute Gasteiger partial charge is 0.318 e. The van der Waals surface area contributed by atoms with Crippen molar-refractivity contribution in [3.05, 3.63) is 119 Å². The van der Waals surface area contributed by atoms with Crippen LogP contribution in [0.25, 0.3) is 22.3 Å². The summed E-state index contributed by atoms with van der Waals surface area (Å²) in [6.07, 6.45) is -0.118. The highest BCUT2D eigenvalue weighted by molar-refractivity contribution is 6.02. The maximum atomic E-state index is 13.2. The van der Waals surface area contributed by atoms with E-state index in [4.69, 9.17) is 0 Å². The van der Waals surface area contributed by atoms with Crippen LogP contribution >= 0.6 is 0 Å². The zero-order valence-corrected chi connectivity index (χ0v) is 17.7. The van der Waals surface area contributed by atoms with Gasteiger partial charge in [-0.05, 0) is 50.9 Å². The lowest BCUT2D eigenvalue weighted by Crippen LogP contribution is -2.47. The highest BCUT2D eigenvalue weighted by atomic mass is 16.4. The van der Waals surface area contributed by atoms with E-state index in [-0.39, 0.29) is 6.42 Å². The van der Waals surface area contributed by atoms with Crippen molar-refractivity contribution < 1.29 is 19.8 Å². The van der Waals surface area contributed by atoms with Crippen LogP contribution in [0.15, 0.2) is 97.1 Å². The minimum atomic E-state index is -1.50. The SMILES string of the molecule is O=C(O)C1(CC2(C(=O)O)c3ccccc3-c3ccccc32)c2ccccc2-c2ccccc21. The second-order valence-electron chi connectivity index (χ2n) is 8.78. The summed E-state index contributed by atoms with van der Waals surface area (Å²) in [6, 6.07) is 29.8. The highest BCUT2D eigenvalue weighted by Gasteiger charge is 2.60. The molecule has 0 bridgehead atoms. The molecule has 0 aliphatic heterocycles. The van der Waals surface area contributed by atoms with Gasteiger partial charge >= 0.3 is 11.9 Å². The van der Waals surface area contributed by atoms with E-state index < -0.39 is 22.8 Å². The van der Waals surface area contributed by atoms with Crippen molar-refractivity contribution in [1.82, 2.24) is 0 Å². The van der Waals surface area contributed by atoms with Crippen LogP contribution in [0.1, 0.15) is 28.7 Å². The molecule has 0 radical (unpaired) electrons. The number of aliphatic carboxylic acids is 2. The van der Waals surface area contributed by atoms with Crippen LogP contribution in [-0.4, -0.2) is 22.2 Å². The molecule has 0 unspecified atom stereocenters. The summed E-state index contributed by atoms with van der Waals surface area (Å²) in [6.45, 7) is 0. The van der Waals surface area contributed by atoms with Gasteiger partial charge in [-0.1, -0.05) is 97.1 Å². The van der Waals surface area contributed by atoms with Crippen molar-refractivity contribution in [3.8, 4) is 22.3 Å². The lowest BCUT2D eigenvalue weighted by Gasteiger charge is -2.37. The molecule has 0 aromatic heterocycles. The quantitative estimate of drug-likeness (QED) is 0.448. The number of rotatable bonds is 4. The molecule has 0 saturated carbocycles. The minimum absolute atomic E-state index is 0.118. The van der Waals surface area contributed by atoms with Gasteiger partial charge in [-0.25, -0.2) is 0 Å². The summed E-state index contributed by atoms with van der Waals surface area (Å²) < 4.78 is 0. The number of fused-ring (bicyclic) bond motifs is 6. The van der Waals surface area contributed by atoms with E-state index in [1.165, 1.54) is 0 Å². The first-order chi connectivity index (χ1) is 16.0. The van der Waals surface area contributed by atoms with Gasteiger partial charge in [-0.15, -0.1) is 0 Å². The number of hydrogen-bond donors (Lipinski definition) is 2. The molecule has 2 N–H and O–H groups in total. The lowest BCUT2D eigenvalue weighted by atomic mass is 9.62. The molecule has 4 heteroatoms. The van der Waals surface area contributed by atoms with Gasteiger partial charge in [0.1, 0.15) is 10.8 Å². The van der Waals surface area contributed by atoms with Crippen molar-refractivity contribution in [2.45, 2.75) is 17.3 Å². The topological polar surface area (TPSA) is 74.6 Å². The molecule has 0 fully saturated rings. The van der Waals surface area contributed by atoms with Crippen LogP contribution in [-0.2, 0) is 20.4 Å². The maximum Gasteiger partial charge on any atom is 0.318 e. The van der Waals surface area contributed by atoms with E-state index in [9.17, 15) is 19.8 Å². The van der Waals surface area contributed by atoms with E-state index in [0.717, 1.165) is 22.3 Å². The summed E-state index contributed by atoms with van der Waals surface area (Å²) in [5, 5.41) is 21.6.